The van der Waals surface area contributed by atoms with Gasteiger partial charge in [-0.1, -0.05) is 0 Å². The van der Waals surface area contributed by atoms with Crippen molar-refractivity contribution in [1.29, 1.82) is 0 Å². The first-order valence-electron chi connectivity index (χ1n) is 12.0. The van der Waals surface area contributed by atoms with Crippen molar-refractivity contribution in [3.63, 3.8) is 0 Å². The Labute approximate surface area is 208 Å². The molecule has 2 aromatic carbocycles. The number of nitrogens with one attached hydrogen (secondary N) is 1. The van der Waals surface area contributed by atoms with Crippen LogP contribution in [-0.4, -0.2) is 27.2 Å². The zero-order valence-electron chi connectivity index (χ0n) is 20.9. The van der Waals surface area contributed by atoms with Crippen molar-refractivity contribution < 1.29 is 27.8 Å². The summed E-state index contributed by atoms with van der Waals surface area (Å²) in [4.78, 5) is 25.6. The van der Waals surface area contributed by atoms with Gasteiger partial charge in [0.25, 0.3) is 0 Å². The monoisotopic (exact) mass is 491 g/mol. The molecule has 0 aliphatic heterocycles. The average Bonchev–Trinajstić information content (AvgIpc) is 3.24. The summed E-state index contributed by atoms with van der Waals surface area (Å²) in [6.07, 6.45) is 4.57. The van der Waals surface area contributed by atoms with Crippen LogP contribution in [-0.2, 0) is 24.1 Å². The molecule has 4 aromatic rings. The van der Waals surface area contributed by atoms with Crippen LogP contribution in [0.15, 0.2) is 37.9 Å². The zero-order valence-corrected chi connectivity index (χ0v) is 20.9. The molecule has 2 aromatic heterocycles. The Kier molecular flexibility index (Phi) is 6.35. The van der Waals surface area contributed by atoms with Crippen LogP contribution in [0.4, 0.5) is 5.69 Å². The Bertz CT molecular complexity index is 1500. The fraction of sp³-hybridized carbons (Fsp3) is 0.357. The highest BCUT2D eigenvalue weighted by molar-refractivity contribution is 5.97. The molecular weight excluding hydrogens is 462 g/mol. The largest absolute Gasteiger partial charge is 0.493 e. The van der Waals surface area contributed by atoms with Crippen LogP contribution < -0.4 is 25.2 Å². The summed E-state index contributed by atoms with van der Waals surface area (Å²) in [6, 6.07) is 7.20. The lowest BCUT2D eigenvalue weighted by molar-refractivity contribution is -0.116. The SMILES string of the molecule is COc1cc(NC(=O)CCc2c(C)c3cc4c5c(oc4cc3oc2=O)CCCC5)cc(OC)c1OC. The van der Waals surface area contributed by atoms with Gasteiger partial charge in [0.1, 0.15) is 16.9 Å². The van der Waals surface area contributed by atoms with Gasteiger partial charge in [0, 0.05) is 58.6 Å². The van der Waals surface area contributed by atoms with Crippen molar-refractivity contribution in [3.05, 3.63) is 57.1 Å². The molecule has 0 spiro atoms. The smallest absolute Gasteiger partial charge is 0.339 e. The van der Waals surface area contributed by atoms with Gasteiger partial charge in [0.15, 0.2) is 11.5 Å². The van der Waals surface area contributed by atoms with Gasteiger partial charge in [-0.2, -0.15) is 0 Å². The summed E-state index contributed by atoms with van der Waals surface area (Å²) in [5.41, 5.74) is 3.92. The number of carbonyl (C=O) groups excluding carboxylic acids is 1. The average molecular weight is 492 g/mol. The molecule has 36 heavy (non-hydrogen) atoms. The van der Waals surface area contributed by atoms with E-state index in [0.717, 1.165) is 53.4 Å². The van der Waals surface area contributed by atoms with Crippen LogP contribution in [0.1, 0.15) is 41.7 Å². The maximum atomic E-state index is 12.8. The number of rotatable bonds is 7. The van der Waals surface area contributed by atoms with Crippen molar-refractivity contribution in [2.45, 2.75) is 45.4 Å². The lowest BCUT2D eigenvalue weighted by Gasteiger charge is -2.14. The Morgan fingerprint density at radius 1 is 0.917 bits per heavy atom. The zero-order chi connectivity index (χ0) is 25.4. The van der Waals surface area contributed by atoms with E-state index in [4.69, 9.17) is 23.0 Å². The number of methoxy groups -OCH3 is 3. The van der Waals surface area contributed by atoms with E-state index >= 15 is 0 Å². The molecule has 0 bridgehead atoms. The minimum atomic E-state index is -0.434. The van der Waals surface area contributed by atoms with Crippen LogP contribution in [0.5, 0.6) is 17.2 Å². The van der Waals surface area contributed by atoms with Crippen LogP contribution >= 0.6 is 0 Å². The number of ether oxygens (including phenoxy) is 3. The van der Waals surface area contributed by atoms with Gasteiger partial charge in [0.2, 0.25) is 11.7 Å². The molecule has 5 rings (SSSR count). The minimum Gasteiger partial charge on any atom is -0.493 e. The van der Waals surface area contributed by atoms with Crippen molar-refractivity contribution in [2.75, 3.05) is 26.6 Å². The fourth-order valence-electron chi connectivity index (χ4n) is 5.05. The molecule has 188 valence electrons. The van der Waals surface area contributed by atoms with Crippen molar-refractivity contribution in [2.24, 2.45) is 0 Å². The quantitative estimate of drug-likeness (QED) is 0.349. The van der Waals surface area contributed by atoms with Gasteiger partial charge in [-0.15, -0.1) is 0 Å². The second-order valence-corrected chi connectivity index (χ2v) is 9.01. The van der Waals surface area contributed by atoms with Crippen LogP contribution in [0.2, 0.25) is 0 Å². The third kappa shape index (κ3) is 4.17. The minimum absolute atomic E-state index is 0.108. The summed E-state index contributed by atoms with van der Waals surface area (Å²) in [5, 5.41) is 4.80. The molecule has 0 saturated carbocycles. The maximum Gasteiger partial charge on any atom is 0.339 e. The van der Waals surface area contributed by atoms with E-state index in [0.29, 0.717) is 34.1 Å². The number of hydrogen-bond donors (Lipinski definition) is 1. The molecular formula is C28H29NO7. The normalized spacial score (nSPS) is 13.0. The van der Waals surface area contributed by atoms with E-state index in [2.05, 4.69) is 11.4 Å². The van der Waals surface area contributed by atoms with Crippen LogP contribution in [0, 0.1) is 6.92 Å². The highest BCUT2D eigenvalue weighted by Gasteiger charge is 2.21. The van der Waals surface area contributed by atoms with E-state index in [1.54, 1.807) is 12.1 Å². The first-order chi connectivity index (χ1) is 17.4. The second-order valence-electron chi connectivity index (χ2n) is 9.01. The summed E-state index contributed by atoms with van der Waals surface area (Å²) in [6.45, 7) is 1.91. The van der Waals surface area contributed by atoms with Crippen molar-refractivity contribution in [3.8, 4) is 17.2 Å². The Morgan fingerprint density at radius 2 is 1.61 bits per heavy atom. The van der Waals surface area contributed by atoms with Gasteiger partial charge < -0.3 is 28.4 Å². The van der Waals surface area contributed by atoms with Gasteiger partial charge >= 0.3 is 5.63 Å². The standard InChI is InChI=1S/C28H29NO7/c1-15-17(9-10-26(30)29-16-11-24(32-2)27(34-4)25(12-16)33-3)28(31)36-22-14-23-20(13-19(15)22)18-7-5-6-8-21(18)35-23/h11-14H,5-10H2,1-4H3,(H,29,30). The molecule has 0 saturated heterocycles. The van der Waals surface area contributed by atoms with Crippen LogP contribution in [0.3, 0.4) is 0 Å². The molecule has 1 amide bonds. The number of anilines is 1. The third-order valence-electron chi connectivity index (χ3n) is 6.91. The molecule has 8 nitrogen and oxygen atoms in total. The predicted octanol–water partition coefficient (Wildman–Crippen LogP) is 5.32. The number of hydrogen-bond acceptors (Lipinski definition) is 7. The summed E-state index contributed by atoms with van der Waals surface area (Å²) in [5.74, 6) is 2.10. The van der Waals surface area contributed by atoms with E-state index in [9.17, 15) is 9.59 Å². The number of amides is 1. The summed E-state index contributed by atoms with van der Waals surface area (Å²) in [7, 11) is 4.54. The fourth-order valence-corrected chi connectivity index (χ4v) is 5.05. The first-order valence-corrected chi connectivity index (χ1v) is 12.0. The number of furan rings is 1. The highest BCUT2D eigenvalue weighted by atomic mass is 16.5. The van der Waals surface area contributed by atoms with E-state index in [1.807, 2.05) is 13.0 Å². The third-order valence-corrected chi connectivity index (χ3v) is 6.91. The van der Waals surface area contributed by atoms with Gasteiger partial charge in [-0.05, 0) is 44.2 Å². The summed E-state index contributed by atoms with van der Waals surface area (Å²) < 4.78 is 27.7. The Hall–Kier alpha value is -3.94. The maximum absolute atomic E-state index is 12.8. The van der Waals surface area contributed by atoms with E-state index in [1.165, 1.54) is 26.9 Å². The molecule has 0 atom stereocenters. The molecule has 0 unspecified atom stereocenters. The molecule has 1 N–H and O–H groups in total. The lowest BCUT2D eigenvalue weighted by atomic mass is 9.94. The summed E-state index contributed by atoms with van der Waals surface area (Å²) >= 11 is 0. The molecule has 2 heterocycles. The van der Waals surface area contributed by atoms with Gasteiger partial charge in [-0.3, -0.25) is 4.79 Å². The number of aryl methyl sites for hydroxylation is 3. The Balaban J connectivity index is 1.40. The predicted molar refractivity (Wildman–Crippen MR) is 137 cm³/mol. The Morgan fingerprint density at radius 3 is 2.31 bits per heavy atom. The molecule has 8 heteroatoms. The van der Waals surface area contributed by atoms with E-state index < -0.39 is 5.63 Å². The highest BCUT2D eigenvalue weighted by Crippen LogP contribution is 2.40. The van der Waals surface area contributed by atoms with Gasteiger partial charge in [-0.25, -0.2) is 4.79 Å². The van der Waals surface area contributed by atoms with Crippen molar-refractivity contribution in [1.82, 2.24) is 0 Å². The number of benzene rings is 2. The molecule has 0 radical (unpaired) electrons. The number of fused-ring (bicyclic) bond motifs is 4. The topological polar surface area (TPSA) is 100 Å². The molecule has 0 fully saturated rings. The van der Waals surface area contributed by atoms with Gasteiger partial charge in [0.05, 0.1) is 21.3 Å². The lowest BCUT2D eigenvalue weighted by Crippen LogP contribution is -2.16. The molecule has 1 aliphatic carbocycles. The number of carbonyl (C=O) groups is 1. The van der Waals surface area contributed by atoms with Crippen LogP contribution in [0.25, 0.3) is 21.9 Å². The first kappa shape index (κ1) is 23.8. The molecule has 1 aliphatic rings. The second kappa shape index (κ2) is 9.60. The van der Waals surface area contributed by atoms with E-state index in [-0.39, 0.29) is 18.7 Å². The van der Waals surface area contributed by atoms with Crippen molar-refractivity contribution >= 4 is 33.5 Å².